The van der Waals surface area contributed by atoms with Gasteiger partial charge in [-0.05, 0) is 18.4 Å². The summed E-state index contributed by atoms with van der Waals surface area (Å²) in [6.07, 6.45) is 5.38. The Balaban J connectivity index is 2.14. The lowest BCUT2D eigenvalue weighted by Crippen LogP contribution is -2.27. The number of aromatic nitrogens is 3. The second-order valence-electron chi connectivity index (χ2n) is 3.85. The number of rotatable bonds is 9. The minimum atomic E-state index is 0.0984. The molecule has 102 valence electrons. The van der Waals surface area contributed by atoms with Crippen molar-refractivity contribution in [2.45, 2.75) is 26.0 Å². The SMILES string of the molecule is COCc1cn(CCNC(=O)CCCSC)nn1. The third kappa shape index (κ3) is 6.02. The summed E-state index contributed by atoms with van der Waals surface area (Å²) < 4.78 is 6.66. The van der Waals surface area contributed by atoms with E-state index in [0.717, 1.165) is 17.9 Å². The van der Waals surface area contributed by atoms with Crippen molar-refractivity contribution >= 4 is 17.7 Å². The van der Waals surface area contributed by atoms with Crippen LogP contribution in [0.2, 0.25) is 0 Å². The van der Waals surface area contributed by atoms with E-state index in [-0.39, 0.29) is 5.91 Å². The molecule has 0 spiro atoms. The van der Waals surface area contributed by atoms with Gasteiger partial charge in [0.25, 0.3) is 0 Å². The molecule has 0 saturated carbocycles. The third-order valence-corrected chi connectivity index (χ3v) is 2.99. The number of amides is 1. The van der Waals surface area contributed by atoms with Crippen LogP contribution in [-0.2, 0) is 22.7 Å². The van der Waals surface area contributed by atoms with Gasteiger partial charge < -0.3 is 10.1 Å². The second kappa shape index (κ2) is 8.93. The Bertz CT molecular complexity index is 357. The smallest absolute Gasteiger partial charge is 0.220 e. The Morgan fingerprint density at radius 3 is 3.17 bits per heavy atom. The highest BCUT2D eigenvalue weighted by Crippen LogP contribution is 1.98. The van der Waals surface area contributed by atoms with Gasteiger partial charge in [0.2, 0.25) is 5.91 Å². The molecule has 0 aliphatic rings. The molecule has 1 amide bonds. The highest BCUT2D eigenvalue weighted by atomic mass is 32.2. The zero-order valence-corrected chi connectivity index (χ0v) is 11.7. The van der Waals surface area contributed by atoms with E-state index in [4.69, 9.17) is 4.74 Å². The number of carbonyl (C=O) groups excluding carboxylic acids is 1. The van der Waals surface area contributed by atoms with E-state index in [9.17, 15) is 4.79 Å². The van der Waals surface area contributed by atoms with Crippen LogP contribution in [0.3, 0.4) is 0 Å². The Hall–Kier alpha value is -1.08. The van der Waals surface area contributed by atoms with Gasteiger partial charge in [0.15, 0.2) is 0 Å². The predicted molar refractivity (Wildman–Crippen MR) is 71.4 cm³/mol. The summed E-state index contributed by atoms with van der Waals surface area (Å²) in [6, 6.07) is 0. The molecule has 0 unspecified atom stereocenters. The van der Waals surface area contributed by atoms with Gasteiger partial charge in [-0.1, -0.05) is 5.21 Å². The number of thioether (sulfide) groups is 1. The van der Waals surface area contributed by atoms with Gasteiger partial charge in [0.1, 0.15) is 5.69 Å². The standard InChI is InChI=1S/C11H20N4O2S/c1-17-9-10-8-15(14-13-10)6-5-12-11(16)4-3-7-18-2/h8H,3-7,9H2,1-2H3,(H,12,16). The van der Waals surface area contributed by atoms with Crippen molar-refractivity contribution < 1.29 is 9.53 Å². The van der Waals surface area contributed by atoms with E-state index in [1.165, 1.54) is 0 Å². The first-order valence-electron chi connectivity index (χ1n) is 5.90. The van der Waals surface area contributed by atoms with Crippen molar-refractivity contribution in [1.82, 2.24) is 20.3 Å². The zero-order chi connectivity index (χ0) is 13.2. The number of ether oxygens (including phenoxy) is 1. The van der Waals surface area contributed by atoms with Crippen LogP contribution in [0.4, 0.5) is 0 Å². The fourth-order valence-corrected chi connectivity index (χ4v) is 1.87. The molecule has 1 rings (SSSR count). The largest absolute Gasteiger partial charge is 0.378 e. The van der Waals surface area contributed by atoms with Gasteiger partial charge in [-0.3, -0.25) is 9.48 Å². The number of hydrogen-bond donors (Lipinski definition) is 1. The fraction of sp³-hybridized carbons (Fsp3) is 0.727. The summed E-state index contributed by atoms with van der Waals surface area (Å²) in [7, 11) is 1.62. The summed E-state index contributed by atoms with van der Waals surface area (Å²) in [5.74, 6) is 1.12. The fourth-order valence-electron chi connectivity index (χ4n) is 1.44. The highest BCUT2D eigenvalue weighted by Gasteiger charge is 2.02. The number of methoxy groups -OCH3 is 1. The first kappa shape index (κ1) is 15.0. The van der Waals surface area contributed by atoms with Crippen LogP contribution in [0, 0.1) is 0 Å². The number of hydrogen-bond acceptors (Lipinski definition) is 5. The Morgan fingerprint density at radius 1 is 1.61 bits per heavy atom. The van der Waals surface area contributed by atoms with Crippen molar-refractivity contribution in [3.63, 3.8) is 0 Å². The molecule has 1 N–H and O–H groups in total. The summed E-state index contributed by atoms with van der Waals surface area (Å²) in [6.45, 7) is 1.67. The first-order valence-corrected chi connectivity index (χ1v) is 7.29. The average Bonchev–Trinajstić information content (AvgIpc) is 2.78. The summed E-state index contributed by atoms with van der Waals surface area (Å²) in [5.41, 5.74) is 0.795. The van der Waals surface area contributed by atoms with E-state index in [1.807, 2.05) is 12.5 Å². The van der Waals surface area contributed by atoms with Gasteiger partial charge in [-0.15, -0.1) is 5.10 Å². The molecule has 7 heteroatoms. The molecule has 0 aliphatic carbocycles. The van der Waals surface area contributed by atoms with E-state index >= 15 is 0 Å². The Kier molecular flexibility index (Phi) is 7.43. The van der Waals surface area contributed by atoms with Gasteiger partial charge in [-0.2, -0.15) is 11.8 Å². The van der Waals surface area contributed by atoms with Crippen LogP contribution in [0.1, 0.15) is 18.5 Å². The third-order valence-electron chi connectivity index (χ3n) is 2.29. The lowest BCUT2D eigenvalue weighted by Gasteiger charge is -2.04. The maximum absolute atomic E-state index is 11.4. The Morgan fingerprint density at radius 2 is 2.44 bits per heavy atom. The van der Waals surface area contributed by atoms with Crippen LogP contribution in [-0.4, -0.2) is 46.6 Å². The van der Waals surface area contributed by atoms with Crippen molar-refractivity contribution in [3.8, 4) is 0 Å². The van der Waals surface area contributed by atoms with E-state index in [0.29, 0.717) is 26.1 Å². The van der Waals surface area contributed by atoms with Crippen molar-refractivity contribution in [3.05, 3.63) is 11.9 Å². The predicted octanol–water partition coefficient (Wildman–Crippen LogP) is 0.684. The lowest BCUT2D eigenvalue weighted by atomic mass is 10.3. The molecule has 0 aliphatic heterocycles. The van der Waals surface area contributed by atoms with Gasteiger partial charge >= 0.3 is 0 Å². The van der Waals surface area contributed by atoms with Crippen LogP contribution >= 0.6 is 11.8 Å². The molecule has 0 atom stereocenters. The lowest BCUT2D eigenvalue weighted by molar-refractivity contribution is -0.121. The normalized spacial score (nSPS) is 10.6. The van der Waals surface area contributed by atoms with E-state index in [2.05, 4.69) is 15.6 Å². The quantitative estimate of drug-likeness (QED) is 0.670. The number of nitrogens with one attached hydrogen (secondary N) is 1. The van der Waals surface area contributed by atoms with Crippen molar-refractivity contribution in [2.24, 2.45) is 0 Å². The van der Waals surface area contributed by atoms with Gasteiger partial charge in [0.05, 0.1) is 19.3 Å². The molecule has 1 aromatic heterocycles. The van der Waals surface area contributed by atoms with Gasteiger partial charge in [-0.25, -0.2) is 0 Å². The minimum absolute atomic E-state index is 0.0984. The summed E-state index contributed by atoms with van der Waals surface area (Å²) in [5, 5.41) is 10.7. The van der Waals surface area contributed by atoms with Crippen molar-refractivity contribution in [2.75, 3.05) is 25.7 Å². The number of carbonyl (C=O) groups is 1. The van der Waals surface area contributed by atoms with E-state index in [1.54, 1.807) is 23.6 Å². The summed E-state index contributed by atoms with van der Waals surface area (Å²) in [4.78, 5) is 11.4. The molecular weight excluding hydrogens is 252 g/mol. The second-order valence-corrected chi connectivity index (χ2v) is 4.84. The topological polar surface area (TPSA) is 69.0 Å². The molecule has 1 aromatic rings. The average molecular weight is 272 g/mol. The monoisotopic (exact) mass is 272 g/mol. The molecule has 1 heterocycles. The van der Waals surface area contributed by atoms with Crippen molar-refractivity contribution in [1.29, 1.82) is 0 Å². The molecule has 6 nitrogen and oxygen atoms in total. The number of nitrogens with zero attached hydrogens (tertiary/aromatic N) is 3. The van der Waals surface area contributed by atoms with E-state index < -0.39 is 0 Å². The highest BCUT2D eigenvalue weighted by molar-refractivity contribution is 7.98. The first-order chi connectivity index (χ1) is 8.76. The van der Waals surface area contributed by atoms with Crippen LogP contribution in [0.5, 0.6) is 0 Å². The summed E-state index contributed by atoms with van der Waals surface area (Å²) >= 11 is 1.76. The molecule has 0 radical (unpaired) electrons. The van der Waals surface area contributed by atoms with Crippen LogP contribution in [0.15, 0.2) is 6.20 Å². The zero-order valence-electron chi connectivity index (χ0n) is 10.9. The molecular formula is C11H20N4O2S. The molecule has 0 bridgehead atoms. The van der Waals surface area contributed by atoms with Gasteiger partial charge in [0, 0.05) is 20.1 Å². The maximum Gasteiger partial charge on any atom is 0.220 e. The van der Waals surface area contributed by atoms with Crippen LogP contribution < -0.4 is 5.32 Å². The molecule has 18 heavy (non-hydrogen) atoms. The minimum Gasteiger partial charge on any atom is -0.378 e. The molecule has 0 aromatic carbocycles. The molecule has 0 fully saturated rings. The maximum atomic E-state index is 11.4. The molecule has 0 saturated heterocycles. The Labute approximate surface area is 111 Å². The van der Waals surface area contributed by atoms with Crippen LogP contribution in [0.25, 0.3) is 0 Å².